The molecule has 0 heterocycles. The third-order valence-electron chi connectivity index (χ3n) is 0.296. The van der Waals surface area contributed by atoms with Crippen molar-refractivity contribution in [3.05, 3.63) is 0 Å². The Hall–Kier alpha value is -0.570. The standard InChI is InChI=1S/C4H9NO2/c1-4(2)7-6-3-5/h3-5H,1-2H3. The SMILES string of the molecule is CC(C)OOC=N. The molecule has 0 saturated heterocycles. The molecule has 0 aliphatic heterocycles. The largest absolute Gasteiger partial charge is 0.325 e. The monoisotopic (exact) mass is 103 g/mol. The lowest BCUT2D eigenvalue weighted by Crippen LogP contribution is -2.01. The number of hydrogen-bond donors (Lipinski definition) is 1. The van der Waals surface area contributed by atoms with Crippen LogP contribution >= 0.6 is 0 Å². The molecule has 0 fully saturated rings. The molecule has 7 heavy (non-hydrogen) atoms. The summed E-state index contributed by atoms with van der Waals surface area (Å²) >= 11 is 0. The molecule has 3 nitrogen and oxygen atoms in total. The second kappa shape index (κ2) is 3.61. The van der Waals surface area contributed by atoms with Crippen molar-refractivity contribution in [1.29, 1.82) is 5.41 Å². The van der Waals surface area contributed by atoms with E-state index in [1.165, 1.54) is 0 Å². The average Bonchev–Trinajstić information content (AvgIpc) is 1.61. The van der Waals surface area contributed by atoms with Crippen molar-refractivity contribution in [3.8, 4) is 0 Å². The van der Waals surface area contributed by atoms with Crippen LogP contribution in [0, 0.1) is 5.41 Å². The predicted molar refractivity (Wildman–Crippen MR) is 26.1 cm³/mol. The lowest BCUT2D eigenvalue weighted by atomic mass is 10.5. The molecule has 0 rings (SSSR count). The molecule has 0 unspecified atom stereocenters. The van der Waals surface area contributed by atoms with Crippen molar-refractivity contribution in [1.82, 2.24) is 0 Å². The molecular weight excluding hydrogens is 94.0 g/mol. The molecule has 0 amide bonds. The highest BCUT2D eigenvalue weighted by atomic mass is 17.2. The predicted octanol–water partition coefficient (Wildman–Crippen LogP) is 0.950. The Morgan fingerprint density at radius 1 is 1.57 bits per heavy atom. The molecule has 42 valence electrons. The van der Waals surface area contributed by atoms with Crippen molar-refractivity contribution in [3.63, 3.8) is 0 Å². The van der Waals surface area contributed by atoms with Gasteiger partial charge in [-0.25, -0.2) is 0 Å². The molecular formula is C4H9NO2. The molecule has 0 radical (unpaired) electrons. The first kappa shape index (κ1) is 6.43. The van der Waals surface area contributed by atoms with E-state index < -0.39 is 0 Å². The van der Waals surface area contributed by atoms with E-state index in [2.05, 4.69) is 9.78 Å². The molecule has 3 heteroatoms. The second-order valence-corrected chi connectivity index (χ2v) is 1.36. The summed E-state index contributed by atoms with van der Waals surface area (Å²) in [5.74, 6) is 0. The zero-order chi connectivity index (χ0) is 5.70. The maximum absolute atomic E-state index is 6.32. The van der Waals surface area contributed by atoms with Gasteiger partial charge in [-0.1, -0.05) is 0 Å². The maximum atomic E-state index is 6.32. The van der Waals surface area contributed by atoms with Crippen LogP contribution in [0.25, 0.3) is 0 Å². The summed E-state index contributed by atoms with van der Waals surface area (Å²) in [4.78, 5) is 8.58. The molecule has 0 aromatic heterocycles. The maximum Gasteiger partial charge on any atom is 0.212 e. The van der Waals surface area contributed by atoms with Crippen molar-refractivity contribution in [2.24, 2.45) is 0 Å². The Kier molecular flexibility index (Phi) is 3.32. The molecule has 0 saturated carbocycles. The van der Waals surface area contributed by atoms with E-state index in [1.807, 2.05) is 13.8 Å². The first-order valence-electron chi connectivity index (χ1n) is 2.08. The number of hydrogen-bond acceptors (Lipinski definition) is 3. The van der Waals surface area contributed by atoms with Gasteiger partial charge in [0.1, 0.15) is 0 Å². The average molecular weight is 103 g/mol. The minimum absolute atomic E-state index is 0.0293. The van der Waals surface area contributed by atoms with Crippen molar-refractivity contribution >= 4 is 6.40 Å². The van der Waals surface area contributed by atoms with E-state index in [0.29, 0.717) is 0 Å². The summed E-state index contributed by atoms with van der Waals surface area (Å²) in [5.41, 5.74) is 0. The summed E-state index contributed by atoms with van der Waals surface area (Å²) < 4.78 is 0. The van der Waals surface area contributed by atoms with Gasteiger partial charge in [-0.2, -0.15) is 4.89 Å². The Bertz CT molecular complexity index is 53.7. The fraction of sp³-hybridized carbons (Fsp3) is 0.750. The molecule has 0 atom stereocenters. The highest BCUT2D eigenvalue weighted by molar-refractivity contribution is 5.39. The van der Waals surface area contributed by atoms with Crippen molar-refractivity contribution in [2.75, 3.05) is 0 Å². The van der Waals surface area contributed by atoms with E-state index in [1.54, 1.807) is 0 Å². The van der Waals surface area contributed by atoms with Gasteiger partial charge in [0, 0.05) is 0 Å². The van der Waals surface area contributed by atoms with Crippen LogP contribution in [0.2, 0.25) is 0 Å². The van der Waals surface area contributed by atoms with Gasteiger partial charge in [-0.05, 0) is 13.8 Å². The van der Waals surface area contributed by atoms with E-state index in [4.69, 9.17) is 5.41 Å². The quantitative estimate of drug-likeness (QED) is 0.250. The fourth-order valence-corrected chi connectivity index (χ4v) is 0.139. The zero-order valence-electron chi connectivity index (χ0n) is 4.47. The van der Waals surface area contributed by atoms with Crippen LogP contribution in [-0.4, -0.2) is 12.5 Å². The van der Waals surface area contributed by atoms with Crippen molar-refractivity contribution in [2.45, 2.75) is 20.0 Å². The molecule has 0 spiro atoms. The van der Waals surface area contributed by atoms with Crippen LogP contribution in [-0.2, 0) is 9.78 Å². The van der Waals surface area contributed by atoms with E-state index in [-0.39, 0.29) is 6.10 Å². The summed E-state index contributed by atoms with van der Waals surface area (Å²) in [5, 5.41) is 6.32. The summed E-state index contributed by atoms with van der Waals surface area (Å²) in [6.07, 6.45) is 0.779. The number of rotatable bonds is 3. The molecule has 0 aliphatic rings. The minimum Gasteiger partial charge on any atom is -0.325 e. The summed E-state index contributed by atoms with van der Waals surface area (Å²) in [6.45, 7) is 3.65. The molecule has 0 aromatic carbocycles. The van der Waals surface area contributed by atoms with E-state index in [0.717, 1.165) is 6.40 Å². The van der Waals surface area contributed by atoms with Gasteiger partial charge < -0.3 is 4.89 Å². The first-order valence-corrected chi connectivity index (χ1v) is 2.08. The second-order valence-electron chi connectivity index (χ2n) is 1.36. The van der Waals surface area contributed by atoms with Gasteiger partial charge in [-0.15, -0.1) is 0 Å². The van der Waals surface area contributed by atoms with Gasteiger partial charge in [0.2, 0.25) is 6.40 Å². The Morgan fingerprint density at radius 3 is 2.29 bits per heavy atom. The highest BCUT2D eigenvalue weighted by Gasteiger charge is 1.87. The smallest absolute Gasteiger partial charge is 0.212 e. The van der Waals surface area contributed by atoms with Gasteiger partial charge in [0.25, 0.3) is 0 Å². The molecule has 1 N–H and O–H groups in total. The third kappa shape index (κ3) is 5.43. The van der Waals surface area contributed by atoms with Crippen LogP contribution in [0.5, 0.6) is 0 Å². The molecule has 0 bridgehead atoms. The van der Waals surface area contributed by atoms with Crippen LogP contribution in [0.3, 0.4) is 0 Å². The minimum atomic E-state index is 0.0293. The van der Waals surface area contributed by atoms with Gasteiger partial charge in [0.15, 0.2) is 0 Å². The van der Waals surface area contributed by atoms with Crippen LogP contribution in [0.15, 0.2) is 0 Å². The zero-order valence-corrected chi connectivity index (χ0v) is 4.47. The van der Waals surface area contributed by atoms with Crippen LogP contribution in [0.1, 0.15) is 13.8 Å². The Balaban J connectivity index is 2.81. The summed E-state index contributed by atoms with van der Waals surface area (Å²) in [6, 6.07) is 0. The molecule has 0 aromatic rings. The lowest BCUT2D eigenvalue weighted by Gasteiger charge is -1.99. The van der Waals surface area contributed by atoms with Crippen LogP contribution in [0.4, 0.5) is 0 Å². The van der Waals surface area contributed by atoms with Gasteiger partial charge in [-0.3, -0.25) is 5.41 Å². The third-order valence-corrected chi connectivity index (χ3v) is 0.296. The Labute approximate surface area is 42.7 Å². The van der Waals surface area contributed by atoms with E-state index in [9.17, 15) is 0 Å². The summed E-state index contributed by atoms with van der Waals surface area (Å²) in [7, 11) is 0. The van der Waals surface area contributed by atoms with Crippen molar-refractivity contribution < 1.29 is 9.78 Å². The topological polar surface area (TPSA) is 42.3 Å². The van der Waals surface area contributed by atoms with Gasteiger partial charge >= 0.3 is 0 Å². The first-order chi connectivity index (χ1) is 3.27. The van der Waals surface area contributed by atoms with Gasteiger partial charge in [0.05, 0.1) is 6.10 Å². The Morgan fingerprint density at radius 2 is 2.14 bits per heavy atom. The molecule has 0 aliphatic carbocycles. The highest BCUT2D eigenvalue weighted by Crippen LogP contribution is 1.84. The van der Waals surface area contributed by atoms with Crippen LogP contribution < -0.4 is 0 Å². The fourth-order valence-electron chi connectivity index (χ4n) is 0.139. The van der Waals surface area contributed by atoms with E-state index >= 15 is 0 Å². The lowest BCUT2D eigenvalue weighted by molar-refractivity contribution is -0.244. The number of nitrogens with one attached hydrogen (secondary N) is 1. The normalized spacial score (nSPS) is 9.00.